The summed E-state index contributed by atoms with van der Waals surface area (Å²) in [5, 5.41) is 14.4. The van der Waals surface area contributed by atoms with Crippen molar-refractivity contribution in [3.63, 3.8) is 0 Å². The summed E-state index contributed by atoms with van der Waals surface area (Å²) in [5.74, 6) is -0.423. The molecule has 164 valence electrons. The number of hydrogen-bond acceptors (Lipinski definition) is 6. The molecule has 7 nitrogen and oxygen atoms in total. The summed E-state index contributed by atoms with van der Waals surface area (Å²) in [6.45, 7) is 0.445. The molecule has 2 aromatic rings. The molecule has 2 aromatic heterocycles. The monoisotopic (exact) mass is 437 g/mol. The van der Waals surface area contributed by atoms with Crippen LogP contribution in [0.4, 0.5) is 8.78 Å². The van der Waals surface area contributed by atoms with Crippen LogP contribution in [0.5, 0.6) is 5.88 Å². The molecule has 3 saturated carbocycles. The van der Waals surface area contributed by atoms with Crippen molar-refractivity contribution in [1.29, 1.82) is 5.26 Å². The Labute approximate surface area is 183 Å². The number of pyridine rings is 2. The Morgan fingerprint density at radius 1 is 1.19 bits per heavy atom. The third-order valence-corrected chi connectivity index (χ3v) is 6.84. The molecule has 3 atom stereocenters. The number of hydrazone groups is 1. The van der Waals surface area contributed by atoms with Crippen molar-refractivity contribution in [3.05, 3.63) is 53.5 Å². The van der Waals surface area contributed by atoms with Crippen LogP contribution >= 0.6 is 0 Å². The van der Waals surface area contributed by atoms with Gasteiger partial charge in [0.2, 0.25) is 11.8 Å². The summed E-state index contributed by atoms with van der Waals surface area (Å²) >= 11 is 0. The lowest BCUT2D eigenvalue weighted by Crippen LogP contribution is -2.50. The van der Waals surface area contributed by atoms with Crippen molar-refractivity contribution in [1.82, 2.24) is 15.0 Å². The van der Waals surface area contributed by atoms with Crippen LogP contribution in [-0.2, 0) is 4.79 Å². The normalized spacial score (nSPS) is 28.2. The zero-order valence-corrected chi connectivity index (χ0v) is 17.2. The summed E-state index contributed by atoms with van der Waals surface area (Å²) in [5.41, 5.74) is 0.502. The number of ether oxygens (including phenoxy) is 1. The fourth-order valence-electron chi connectivity index (χ4n) is 5.06. The Bertz CT molecular complexity index is 1090. The quantitative estimate of drug-likeness (QED) is 0.712. The van der Waals surface area contributed by atoms with Gasteiger partial charge in [-0.2, -0.15) is 10.4 Å². The van der Waals surface area contributed by atoms with Gasteiger partial charge in [0.15, 0.2) is 0 Å². The third-order valence-electron chi connectivity index (χ3n) is 6.84. The van der Waals surface area contributed by atoms with E-state index < -0.39 is 17.7 Å². The van der Waals surface area contributed by atoms with E-state index in [1.54, 1.807) is 18.3 Å². The van der Waals surface area contributed by atoms with Crippen molar-refractivity contribution in [2.24, 2.45) is 28.8 Å². The molecule has 2 bridgehead atoms. The van der Waals surface area contributed by atoms with Gasteiger partial charge < -0.3 is 4.74 Å². The number of amides is 1. The number of halogens is 2. The van der Waals surface area contributed by atoms with E-state index >= 15 is 0 Å². The summed E-state index contributed by atoms with van der Waals surface area (Å²) in [6, 6.07) is 5.47. The molecule has 3 aliphatic carbocycles. The second-order valence-electron chi connectivity index (χ2n) is 8.65. The van der Waals surface area contributed by atoms with E-state index in [1.807, 2.05) is 6.07 Å². The van der Waals surface area contributed by atoms with Gasteiger partial charge in [-0.25, -0.2) is 18.8 Å². The number of nitriles is 1. The van der Waals surface area contributed by atoms with Crippen LogP contribution in [0.25, 0.3) is 0 Å². The number of carbonyl (C=O) groups is 1. The Morgan fingerprint density at radius 3 is 2.75 bits per heavy atom. The van der Waals surface area contributed by atoms with E-state index in [2.05, 4.69) is 15.1 Å². The van der Waals surface area contributed by atoms with E-state index in [0.717, 1.165) is 25.1 Å². The zero-order chi connectivity index (χ0) is 22.2. The van der Waals surface area contributed by atoms with Crippen molar-refractivity contribution in [2.45, 2.75) is 31.7 Å². The lowest BCUT2D eigenvalue weighted by Gasteiger charge is -2.51. The van der Waals surface area contributed by atoms with Crippen LogP contribution in [0, 0.1) is 46.6 Å². The highest BCUT2D eigenvalue weighted by Gasteiger charge is 2.50. The minimum Gasteiger partial charge on any atom is -0.477 e. The Balaban J connectivity index is 1.26. The van der Waals surface area contributed by atoms with Gasteiger partial charge in [0.1, 0.15) is 29.4 Å². The predicted molar refractivity (Wildman–Crippen MR) is 109 cm³/mol. The summed E-state index contributed by atoms with van der Waals surface area (Å²) in [4.78, 5) is 21.4. The molecule has 1 amide bonds. The topological polar surface area (TPSA) is 91.5 Å². The summed E-state index contributed by atoms with van der Waals surface area (Å²) in [7, 11) is 0. The molecule has 9 heteroatoms. The summed E-state index contributed by atoms with van der Waals surface area (Å²) < 4.78 is 33.4. The predicted octanol–water partition coefficient (Wildman–Crippen LogP) is 3.63. The van der Waals surface area contributed by atoms with Crippen LogP contribution in [0.1, 0.15) is 43.0 Å². The minimum atomic E-state index is -0.771. The maximum absolute atomic E-state index is 14.3. The van der Waals surface area contributed by atoms with Gasteiger partial charge in [-0.3, -0.25) is 9.78 Å². The molecule has 3 unspecified atom stereocenters. The molecule has 4 aliphatic rings. The second kappa shape index (κ2) is 8.26. The molecule has 3 heterocycles. The smallest absolute Gasteiger partial charge is 0.246 e. The van der Waals surface area contributed by atoms with E-state index in [4.69, 9.17) is 10.00 Å². The highest BCUT2D eigenvalue weighted by molar-refractivity contribution is 5.82. The maximum Gasteiger partial charge on any atom is 0.246 e. The van der Waals surface area contributed by atoms with Crippen molar-refractivity contribution in [3.8, 4) is 11.9 Å². The first-order chi connectivity index (χ1) is 15.5. The fraction of sp³-hybridized carbons (Fsp3) is 0.435. The van der Waals surface area contributed by atoms with Crippen molar-refractivity contribution >= 4 is 12.1 Å². The van der Waals surface area contributed by atoms with Gasteiger partial charge in [-0.05, 0) is 43.1 Å². The first-order valence-electron chi connectivity index (χ1n) is 10.7. The molecule has 6 rings (SSSR count). The van der Waals surface area contributed by atoms with E-state index in [9.17, 15) is 13.6 Å². The van der Waals surface area contributed by atoms with Gasteiger partial charge in [0, 0.05) is 36.9 Å². The highest BCUT2D eigenvalue weighted by atomic mass is 19.1. The first-order valence-corrected chi connectivity index (χ1v) is 10.7. The van der Waals surface area contributed by atoms with Gasteiger partial charge in [-0.1, -0.05) is 0 Å². The van der Waals surface area contributed by atoms with Crippen LogP contribution in [0.3, 0.4) is 0 Å². The molecule has 0 aromatic carbocycles. The number of nitrogens with zero attached hydrogens (tertiary/aromatic N) is 5. The van der Waals surface area contributed by atoms with Crippen LogP contribution in [0.15, 0.2) is 35.7 Å². The maximum atomic E-state index is 14.3. The molecule has 3 fully saturated rings. The molecule has 0 spiro atoms. The largest absolute Gasteiger partial charge is 0.477 e. The molecular formula is C23H21F2N5O2. The van der Waals surface area contributed by atoms with Crippen LogP contribution in [-0.4, -0.2) is 33.7 Å². The van der Waals surface area contributed by atoms with Crippen LogP contribution < -0.4 is 4.74 Å². The average Bonchev–Trinajstić information content (AvgIpc) is 3.26. The zero-order valence-electron chi connectivity index (χ0n) is 17.2. The third kappa shape index (κ3) is 3.70. The van der Waals surface area contributed by atoms with Gasteiger partial charge in [-0.15, -0.1) is 0 Å². The lowest BCUT2D eigenvalue weighted by atomic mass is 9.55. The van der Waals surface area contributed by atoms with E-state index in [0.29, 0.717) is 42.7 Å². The SMILES string of the molecule is N#Cc1ccc(OCC2CC(C(=O)N3N=CCC3c3ncc(F)cc3F)C3CC2C3)nc1. The molecule has 0 saturated heterocycles. The molecule has 1 aliphatic heterocycles. The Kier molecular flexibility index (Phi) is 5.29. The molecular weight excluding hydrogens is 416 g/mol. The first kappa shape index (κ1) is 20.5. The van der Waals surface area contributed by atoms with E-state index in [-0.39, 0.29) is 23.4 Å². The second-order valence-corrected chi connectivity index (χ2v) is 8.65. The van der Waals surface area contributed by atoms with E-state index in [1.165, 1.54) is 11.2 Å². The Morgan fingerprint density at radius 2 is 2.03 bits per heavy atom. The molecule has 32 heavy (non-hydrogen) atoms. The number of rotatable bonds is 5. The lowest BCUT2D eigenvalue weighted by molar-refractivity contribution is -0.148. The van der Waals surface area contributed by atoms with Crippen molar-refractivity contribution < 1.29 is 18.3 Å². The van der Waals surface area contributed by atoms with Gasteiger partial charge >= 0.3 is 0 Å². The number of fused-ring (bicyclic) bond motifs is 2. The molecule has 0 radical (unpaired) electrons. The highest BCUT2D eigenvalue weighted by Crippen LogP contribution is 2.53. The molecule has 0 N–H and O–H groups in total. The standard InChI is InChI=1S/C23H21F2N5O2/c24-17-8-19(25)22(28-11-17)20-3-4-29-30(20)23(31)18-7-16(14-5-15(18)6-14)12-32-21-2-1-13(9-26)10-27-21/h1-2,4,8,10-11,14-16,18,20H,3,5-7,12H2. The van der Waals surface area contributed by atoms with Gasteiger partial charge in [0.05, 0.1) is 18.4 Å². The number of carbonyl (C=O) groups excluding carboxylic acids is 1. The average molecular weight is 437 g/mol. The number of hydrogen-bond donors (Lipinski definition) is 0. The number of aromatic nitrogens is 2. The fourth-order valence-corrected chi connectivity index (χ4v) is 5.06. The summed E-state index contributed by atoms with van der Waals surface area (Å²) in [6.07, 6.45) is 6.93. The van der Waals surface area contributed by atoms with Crippen molar-refractivity contribution in [2.75, 3.05) is 6.61 Å². The minimum absolute atomic E-state index is 0.0336. The van der Waals surface area contributed by atoms with Gasteiger partial charge in [0.25, 0.3) is 0 Å². The Hall–Kier alpha value is -3.41. The van der Waals surface area contributed by atoms with Crippen LogP contribution in [0.2, 0.25) is 0 Å².